The first-order chi connectivity index (χ1) is 10.0. The molecule has 1 heterocycles. The van der Waals surface area contributed by atoms with Crippen LogP contribution in [-0.4, -0.2) is 9.97 Å². The molecule has 0 amide bonds. The summed E-state index contributed by atoms with van der Waals surface area (Å²) in [6, 6.07) is 9.88. The number of aromatic nitrogens is 2. The molecule has 3 rings (SSSR count). The van der Waals surface area contributed by atoms with Gasteiger partial charge in [-0.05, 0) is 36.4 Å². The van der Waals surface area contributed by atoms with Gasteiger partial charge in [-0.25, -0.2) is 4.98 Å². The average Bonchev–Trinajstić information content (AvgIpc) is 2.41. The molecule has 0 saturated carbocycles. The Morgan fingerprint density at radius 1 is 1.00 bits per heavy atom. The molecule has 0 aliphatic heterocycles. The summed E-state index contributed by atoms with van der Waals surface area (Å²) in [5.74, 6) is 0.277. The van der Waals surface area contributed by atoms with Crippen molar-refractivity contribution in [1.82, 2.24) is 9.97 Å². The first-order valence-corrected chi connectivity index (χ1v) is 7.08. The van der Waals surface area contributed by atoms with Crippen LogP contribution in [-0.2, 0) is 0 Å². The van der Waals surface area contributed by atoms with Gasteiger partial charge >= 0.3 is 0 Å². The van der Waals surface area contributed by atoms with Gasteiger partial charge in [-0.3, -0.25) is 9.78 Å². The summed E-state index contributed by atoms with van der Waals surface area (Å²) in [5, 5.41) is 4.88. The summed E-state index contributed by atoms with van der Waals surface area (Å²) < 4.78 is 0. The Labute approximate surface area is 134 Å². The zero-order valence-corrected chi connectivity index (χ0v) is 12.7. The molecule has 0 bridgehead atoms. The lowest BCUT2D eigenvalue weighted by Crippen LogP contribution is -2.11. The maximum Gasteiger partial charge on any atom is 0.260 e. The third kappa shape index (κ3) is 2.97. The van der Waals surface area contributed by atoms with Gasteiger partial charge in [0.1, 0.15) is 0 Å². The number of rotatable bonds is 2. The topological polar surface area (TPSA) is 57.8 Å². The number of hydrogen-bond acceptors (Lipinski definition) is 3. The second-order valence-corrected chi connectivity index (χ2v) is 5.61. The van der Waals surface area contributed by atoms with E-state index in [0.717, 1.165) is 0 Å². The van der Waals surface area contributed by atoms with Crippen LogP contribution in [0.5, 0.6) is 0 Å². The van der Waals surface area contributed by atoms with Crippen molar-refractivity contribution in [3.05, 3.63) is 61.8 Å². The summed E-state index contributed by atoms with van der Waals surface area (Å²) in [6.07, 6.45) is 0. The molecule has 0 radical (unpaired) electrons. The fourth-order valence-electron chi connectivity index (χ4n) is 1.89. The molecule has 0 aliphatic rings. The van der Waals surface area contributed by atoms with E-state index in [1.165, 1.54) is 0 Å². The lowest BCUT2D eigenvalue weighted by Gasteiger charge is -2.08. The number of nitrogens with zero attached hydrogens (tertiary/aromatic N) is 1. The largest absolute Gasteiger partial charge is 0.324 e. The number of fused-ring (bicyclic) bond motifs is 1. The van der Waals surface area contributed by atoms with Crippen LogP contribution in [0.3, 0.4) is 0 Å². The molecule has 0 atom stereocenters. The second-order valence-electron chi connectivity index (χ2n) is 4.33. The van der Waals surface area contributed by atoms with Crippen molar-refractivity contribution >= 4 is 57.3 Å². The highest BCUT2D eigenvalue weighted by atomic mass is 35.5. The van der Waals surface area contributed by atoms with Crippen LogP contribution in [0.25, 0.3) is 10.9 Å². The highest BCUT2D eigenvalue weighted by Gasteiger charge is 2.07. The van der Waals surface area contributed by atoms with Gasteiger partial charge < -0.3 is 5.32 Å². The maximum atomic E-state index is 12.0. The summed E-state index contributed by atoms with van der Waals surface area (Å²) >= 11 is 17.8. The standard InChI is InChI=1S/C14H8Cl3N3O/c15-7-2-4-11(10(17)5-7)18-14-19-12-6-8(16)1-3-9(12)13(21)20-14/h1-6H,(H2,18,19,20,21). The van der Waals surface area contributed by atoms with E-state index < -0.39 is 0 Å². The van der Waals surface area contributed by atoms with Crippen LogP contribution in [0.2, 0.25) is 15.1 Å². The first kappa shape index (κ1) is 14.2. The molecule has 2 N–H and O–H groups in total. The highest BCUT2D eigenvalue weighted by Crippen LogP contribution is 2.27. The number of anilines is 2. The number of nitrogens with one attached hydrogen (secondary N) is 2. The van der Waals surface area contributed by atoms with Crippen LogP contribution in [0.15, 0.2) is 41.2 Å². The van der Waals surface area contributed by atoms with Crippen molar-refractivity contribution in [3.63, 3.8) is 0 Å². The van der Waals surface area contributed by atoms with Crippen LogP contribution in [0.4, 0.5) is 11.6 Å². The zero-order valence-electron chi connectivity index (χ0n) is 10.5. The van der Waals surface area contributed by atoms with Gasteiger partial charge in [0.25, 0.3) is 5.56 Å². The van der Waals surface area contributed by atoms with Gasteiger partial charge in [-0.1, -0.05) is 34.8 Å². The van der Waals surface area contributed by atoms with Gasteiger partial charge in [-0.2, -0.15) is 0 Å². The van der Waals surface area contributed by atoms with E-state index in [0.29, 0.717) is 31.7 Å². The van der Waals surface area contributed by atoms with Gasteiger partial charge in [0.2, 0.25) is 5.95 Å². The first-order valence-electron chi connectivity index (χ1n) is 5.94. The second kappa shape index (κ2) is 5.56. The van der Waals surface area contributed by atoms with Crippen LogP contribution < -0.4 is 10.9 Å². The Morgan fingerprint density at radius 2 is 1.71 bits per heavy atom. The minimum atomic E-state index is -0.260. The summed E-state index contributed by atoms with van der Waals surface area (Å²) in [5.41, 5.74) is 0.827. The SMILES string of the molecule is O=c1[nH]c(Nc2ccc(Cl)cc2Cl)nc2cc(Cl)ccc12. The summed E-state index contributed by atoms with van der Waals surface area (Å²) in [4.78, 5) is 19.0. The summed E-state index contributed by atoms with van der Waals surface area (Å²) in [6.45, 7) is 0. The van der Waals surface area contributed by atoms with Crippen LogP contribution >= 0.6 is 34.8 Å². The quantitative estimate of drug-likeness (QED) is 0.715. The van der Waals surface area contributed by atoms with E-state index in [1.54, 1.807) is 36.4 Å². The number of benzene rings is 2. The lowest BCUT2D eigenvalue weighted by molar-refractivity contribution is 1.17. The molecule has 106 valence electrons. The van der Waals surface area contributed by atoms with Gasteiger partial charge in [0.15, 0.2) is 0 Å². The van der Waals surface area contributed by atoms with Crippen molar-refractivity contribution in [2.24, 2.45) is 0 Å². The van der Waals surface area contributed by atoms with Gasteiger partial charge in [0, 0.05) is 10.0 Å². The normalized spacial score (nSPS) is 10.8. The fourth-order valence-corrected chi connectivity index (χ4v) is 2.51. The van der Waals surface area contributed by atoms with Crippen molar-refractivity contribution in [2.45, 2.75) is 0 Å². The summed E-state index contributed by atoms with van der Waals surface area (Å²) in [7, 11) is 0. The fraction of sp³-hybridized carbons (Fsp3) is 0. The third-order valence-corrected chi connectivity index (χ3v) is 3.64. The molecule has 0 aliphatic carbocycles. The third-order valence-electron chi connectivity index (χ3n) is 2.85. The minimum Gasteiger partial charge on any atom is -0.324 e. The molecule has 21 heavy (non-hydrogen) atoms. The van der Waals surface area contributed by atoms with Crippen molar-refractivity contribution < 1.29 is 0 Å². The van der Waals surface area contributed by atoms with Crippen molar-refractivity contribution in [1.29, 1.82) is 0 Å². The van der Waals surface area contributed by atoms with Crippen LogP contribution in [0.1, 0.15) is 0 Å². The van der Waals surface area contributed by atoms with E-state index in [4.69, 9.17) is 34.8 Å². The Balaban J connectivity index is 2.06. The molecule has 0 unspecified atom stereocenters. The van der Waals surface area contributed by atoms with E-state index in [-0.39, 0.29) is 11.5 Å². The molecule has 2 aromatic carbocycles. The Hall–Kier alpha value is -1.75. The monoisotopic (exact) mass is 339 g/mol. The Kier molecular flexibility index (Phi) is 3.76. The molecule has 1 aromatic heterocycles. The van der Waals surface area contributed by atoms with E-state index in [2.05, 4.69) is 15.3 Å². The smallest absolute Gasteiger partial charge is 0.260 e. The number of aromatic amines is 1. The molecule has 4 nitrogen and oxygen atoms in total. The predicted molar refractivity (Wildman–Crippen MR) is 87.1 cm³/mol. The molecule has 7 heteroatoms. The van der Waals surface area contributed by atoms with Gasteiger partial charge in [0.05, 0.1) is 21.6 Å². The van der Waals surface area contributed by atoms with E-state index >= 15 is 0 Å². The van der Waals surface area contributed by atoms with Gasteiger partial charge in [-0.15, -0.1) is 0 Å². The lowest BCUT2D eigenvalue weighted by atomic mass is 10.2. The van der Waals surface area contributed by atoms with E-state index in [1.807, 2.05) is 0 Å². The molecular weight excluding hydrogens is 333 g/mol. The Morgan fingerprint density at radius 3 is 2.48 bits per heavy atom. The molecule has 0 fully saturated rings. The van der Waals surface area contributed by atoms with Crippen LogP contribution in [0, 0.1) is 0 Å². The molecule has 0 spiro atoms. The molecule has 3 aromatic rings. The maximum absolute atomic E-state index is 12.0. The molecular formula is C14H8Cl3N3O. The Bertz CT molecular complexity index is 892. The number of hydrogen-bond donors (Lipinski definition) is 2. The molecule has 0 saturated heterocycles. The highest BCUT2D eigenvalue weighted by molar-refractivity contribution is 6.36. The van der Waals surface area contributed by atoms with E-state index in [9.17, 15) is 4.79 Å². The number of halogens is 3. The predicted octanol–water partition coefficient (Wildman–Crippen LogP) is 4.63. The van der Waals surface area contributed by atoms with Crippen molar-refractivity contribution in [3.8, 4) is 0 Å². The zero-order chi connectivity index (χ0) is 15.0. The van der Waals surface area contributed by atoms with Crippen molar-refractivity contribution in [2.75, 3.05) is 5.32 Å². The number of H-pyrrole nitrogens is 1. The average molecular weight is 341 g/mol. The minimum absolute atomic E-state index is 0.260.